The molecule has 0 N–H and O–H groups in total. The molecule has 0 radical (unpaired) electrons. The number of hydrogen-bond acceptors (Lipinski definition) is 5. The molecule has 6 nitrogen and oxygen atoms in total. The number of hydrogen-bond donors (Lipinski definition) is 0. The van der Waals surface area contributed by atoms with Gasteiger partial charge in [0.25, 0.3) is 5.56 Å². The van der Waals surface area contributed by atoms with E-state index in [1.54, 1.807) is 48.5 Å². The van der Waals surface area contributed by atoms with Gasteiger partial charge in [0.15, 0.2) is 5.78 Å². The lowest BCUT2D eigenvalue weighted by Gasteiger charge is -2.13. The van der Waals surface area contributed by atoms with E-state index in [2.05, 4.69) is 6.07 Å². The number of nitriles is 1. The van der Waals surface area contributed by atoms with Gasteiger partial charge in [0.05, 0.1) is 42.1 Å². The second-order valence-electron chi connectivity index (χ2n) is 9.39. The van der Waals surface area contributed by atoms with Crippen molar-refractivity contribution < 1.29 is 26.7 Å². The van der Waals surface area contributed by atoms with E-state index in [0.29, 0.717) is 44.2 Å². The molecule has 0 saturated heterocycles. The topological polar surface area (TPSA) is 84.9 Å². The molecular weight excluding hydrogens is 577 g/mol. The fraction of sp³-hybridized carbons (Fsp3) is 0.133. The van der Waals surface area contributed by atoms with Crippen LogP contribution in [0.3, 0.4) is 0 Å². The first-order chi connectivity index (χ1) is 19.9. The highest BCUT2D eigenvalue weighted by atomic mass is 32.1. The van der Waals surface area contributed by atoms with E-state index < -0.39 is 53.4 Å². The smallest absolute Gasteiger partial charge is 0.292 e. The van der Waals surface area contributed by atoms with E-state index in [1.165, 1.54) is 0 Å². The fourth-order valence-electron chi connectivity index (χ4n) is 4.56. The van der Waals surface area contributed by atoms with Crippen LogP contribution in [-0.2, 0) is 19.5 Å². The number of nitrogens with zero attached hydrogens (tertiary/aromatic N) is 3. The van der Waals surface area contributed by atoms with Gasteiger partial charge in [-0.05, 0) is 41.0 Å². The number of alkyl halides is 3. The molecule has 42 heavy (non-hydrogen) atoms. The highest BCUT2D eigenvalue weighted by molar-refractivity contribution is 7.18. The summed E-state index contributed by atoms with van der Waals surface area (Å²) in [5.74, 6) is -3.11. The summed E-state index contributed by atoms with van der Waals surface area (Å²) >= 11 is 0.638. The molecule has 2 heterocycles. The van der Waals surface area contributed by atoms with Gasteiger partial charge in [-0.3, -0.25) is 18.7 Å². The Labute approximate surface area is 238 Å². The fourth-order valence-corrected chi connectivity index (χ4v) is 5.73. The Hall–Kier alpha value is -4.89. The summed E-state index contributed by atoms with van der Waals surface area (Å²) in [5, 5.41) is 9.19. The average molecular weight is 596 g/mol. The number of halogens is 5. The number of rotatable bonds is 7. The molecule has 0 saturated carbocycles. The summed E-state index contributed by atoms with van der Waals surface area (Å²) < 4.78 is 68.7. The van der Waals surface area contributed by atoms with Crippen molar-refractivity contribution >= 4 is 27.3 Å². The van der Waals surface area contributed by atoms with E-state index in [4.69, 9.17) is 0 Å². The van der Waals surface area contributed by atoms with E-state index >= 15 is 0 Å². The Balaban J connectivity index is 1.59. The molecule has 0 aliphatic rings. The van der Waals surface area contributed by atoms with Crippen LogP contribution >= 0.6 is 11.3 Å². The maximum atomic E-state index is 14.2. The molecule has 3 aromatic carbocycles. The lowest BCUT2D eigenvalue weighted by Crippen LogP contribution is -2.41. The van der Waals surface area contributed by atoms with Crippen LogP contribution in [0.4, 0.5) is 22.0 Å². The zero-order valence-electron chi connectivity index (χ0n) is 21.4. The van der Waals surface area contributed by atoms with Crippen molar-refractivity contribution in [3.8, 4) is 17.2 Å². The van der Waals surface area contributed by atoms with E-state index in [-0.39, 0.29) is 21.6 Å². The Kier molecular flexibility index (Phi) is 7.62. The average Bonchev–Trinajstić information content (AvgIpc) is 3.35. The van der Waals surface area contributed by atoms with Crippen molar-refractivity contribution in [1.82, 2.24) is 9.13 Å². The Bertz CT molecular complexity index is 2000. The molecule has 0 amide bonds. The van der Waals surface area contributed by atoms with Gasteiger partial charge in [-0.2, -0.15) is 18.4 Å². The summed E-state index contributed by atoms with van der Waals surface area (Å²) in [7, 11) is 0. The Morgan fingerprint density at radius 1 is 0.929 bits per heavy atom. The van der Waals surface area contributed by atoms with Crippen molar-refractivity contribution in [2.24, 2.45) is 0 Å². The van der Waals surface area contributed by atoms with Crippen molar-refractivity contribution in [3.05, 3.63) is 127 Å². The number of carbonyl (C=O) groups is 1. The minimum atomic E-state index is -4.57. The van der Waals surface area contributed by atoms with Gasteiger partial charge in [-0.25, -0.2) is 13.6 Å². The molecule has 0 spiro atoms. The predicted molar refractivity (Wildman–Crippen MR) is 146 cm³/mol. The summed E-state index contributed by atoms with van der Waals surface area (Å²) in [5.41, 5.74) is -0.143. The third-order valence-electron chi connectivity index (χ3n) is 6.51. The standard InChI is InChI=1S/C30H18F5N3O3S/c31-20-9-10-23(25(32)11-20)26(39)16-37-27(40)24-12-21(13-30(33,34)35)42-28(24)38(29(37)41)15-17-5-7-18(8-6-17)22-4-2-1-3-19(22)14-36/h1-12H,13,15-16H2. The molecule has 2 aromatic heterocycles. The summed E-state index contributed by atoms with van der Waals surface area (Å²) in [6.07, 6.45) is -5.90. The third kappa shape index (κ3) is 5.77. The van der Waals surface area contributed by atoms with E-state index in [0.717, 1.165) is 22.8 Å². The monoisotopic (exact) mass is 595 g/mol. The molecule has 0 bridgehead atoms. The van der Waals surface area contributed by atoms with Crippen LogP contribution in [-0.4, -0.2) is 21.1 Å². The number of aromatic nitrogens is 2. The number of carbonyl (C=O) groups excluding carboxylic acids is 1. The molecule has 0 unspecified atom stereocenters. The minimum absolute atomic E-state index is 0.0141. The van der Waals surface area contributed by atoms with Crippen LogP contribution in [0.5, 0.6) is 0 Å². The van der Waals surface area contributed by atoms with Gasteiger partial charge in [-0.1, -0.05) is 42.5 Å². The van der Waals surface area contributed by atoms with Crippen LogP contribution in [0, 0.1) is 23.0 Å². The number of fused-ring (bicyclic) bond motifs is 1. The van der Waals surface area contributed by atoms with Gasteiger partial charge in [0.2, 0.25) is 0 Å². The third-order valence-corrected chi connectivity index (χ3v) is 7.67. The first-order valence-electron chi connectivity index (χ1n) is 12.3. The summed E-state index contributed by atoms with van der Waals surface area (Å²) in [4.78, 5) is 39.4. The second-order valence-corrected chi connectivity index (χ2v) is 10.5. The second kappa shape index (κ2) is 11.2. The maximum Gasteiger partial charge on any atom is 0.393 e. The molecule has 12 heteroatoms. The lowest BCUT2D eigenvalue weighted by atomic mass is 9.99. The SMILES string of the molecule is N#Cc1ccccc1-c1ccc(Cn2c(=O)n(CC(=O)c3ccc(F)cc3F)c(=O)c3cc(CC(F)(F)F)sc32)cc1. The molecular formula is C30H18F5N3O3S. The van der Waals surface area contributed by atoms with Gasteiger partial charge >= 0.3 is 11.9 Å². The maximum absolute atomic E-state index is 14.2. The highest BCUT2D eigenvalue weighted by Gasteiger charge is 2.30. The van der Waals surface area contributed by atoms with E-state index in [9.17, 15) is 41.6 Å². The van der Waals surface area contributed by atoms with E-state index in [1.807, 2.05) is 0 Å². The number of benzene rings is 3. The Morgan fingerprint density at radius 3 is 2.31 bits per heavy atom. The molecule has 0 fully saturated rings. The minimum Gasteiger partial charge on any atom is -0.292 e. The number of Topliss-reactive ketones (excluding diaryl/α,β-unsaturated/α-hetero) is 1. The van der Waals surface area contributed by atoms with Crippen molar-refractivity contribution in [2.45, 2.75) is 25.7 Å². The Morgan fingerprint density at radius 2 is 1.64 bits per heavy atom. The van der Waals surface area contributed by atoms with Gasteiger partial charge in [-0.15, -0.1) is 11.3 Å². The molecule has 5 aromatic rings. The van der Waals surface area contributed by atoms with Crippen LogP contribution < -0.4 is 11.2 Å². The molecule has 5 rings (SSSR count). The van der Waals surface area contributed by atoms with Gasteiger partial charge in [0, 0.05) is 10.9 Å². The summed E-state index contributed by atoms with van der Waals surface area (Å²) in [6, 6.07) is 19.1. The molecule has 0 aliphatic heterocycles. The lowest BCUT2D eigenvalue weighted by molar-refractivity contribution is -0.126. The van der Waals surface area contributed by atoms with Crippen LogP contribution in [0.25, 0.3) is 21.3 Å². The van der Waals surface area contributed by atoms with Gasteiger partial charge in [0.1, 0.15) is 16.5 Å². The van der Waals surface area contributed by atoms with Crippen molar-refractivity contribution in [3.63, 3.8) is 0 Å². The highest BCUT2D eigenvalue weighted by Crippen LogP contribution is 2.30. The quantitative estimate of drug-likeness (QED) is 0.169. The number of thiophene rings is 1. The van der Waals surface area contributed by atoms with Gasteiger partial charge < -0.3 is 0 Å². The first-order valence-corrected chi connectivity index (χ1v) is 13.2. The van der Waals surface area contributed by atoms with Crippen LogP contribution in [0.1, 0.15) is 26.4 Å². The molecule has 0 aliphatic carbocycles. The predicted octanol–water partition coefficient (Wildman–Crippen LogP) is 6.08. The normalized spacial score (nSPS) is 11.5. The summed E-state index contributed by atoms with van der Waals surface area (Å²) in [6.45, 7) is -1.08. The zero-order chi connectivity index (χ0) is 30.2. The zero-order valence-corrected chi connectivity index (χ0v) is 22.2. The van der Waals surface area contributed by atoms with Crippen LogP contribution in [0.15, 0.2) is 82.4 Å². The molecule has 212 valence electrons. The van der Waals surface area contributed by atoms with Crippen molar-refractivity contribution in [2.75, 3.05) is 0 Å². The van der Waals surface area contributed by atoms with Crippen LogP contribution in [0.2, 0.25) is 0 Å². The number of ketones is 1. The largest absolute Gasteiger partial charge is 0.393 e. The van der Waals surface area contributed by atoms with Crippen molar-refractivity contribution in [1.29, 1.82) is 5.26 Å². The first kappa shape index (κ1) is 28.6. The molecule has 0 atom stereocenters.